The van der Waals surface area contributed by atoms with Gasteiger partial charge in [-0.2, -0.15) is 0 Å². The highest BCUT2D eigenvalue weighted by molar-refractivity contribution is 5.97. The molecule has 0 bridgehead atoms. The monoisotopic (exact) mass is 385 g/mol. The van der Waals surface area contributed by atoms with Gasteiger partial charge >= 0.3 is 5.97 Å². The normalized spacial score (nSPS) is 13.5. The number of rotatable bonds is 5. The van der Waals surface area contributed by atoms with Crippen molar-refractivity contribution in [1.82, 2.24) is 9.55 Å². The Morgan fingerprint density at radius 2 is 2.14 bits per heavy atom. The molecule has 2 aromatic heterocycles. The van der Waals surface area contributed by atoms with Gasteiger partial charge in [-0.3, -0.25) is 20.5 Å². The van der Waals surface area contributed by atoms with Crippen LogP contribution in [0.3, 0.4) is 0 Å². The number of aromatic carboxylic acids is 1. The third kappa shape index (κ3) is 2.76. The fourth-order valence-electron chi connectivity index (χ4n) is 3.29. The molecular formula is C19H16FN3O5. The molecule has 1 aromatic carbocycles. The van der Waals surface area contributed by atoms with Gasteiger partial charge < -0.3 is 14.4 Å². The summed E-state index contributed by atoms with van der Waals surface area (Å²) in [6.07, 6.45) is 4.25. The Hall–Kier alpha value is -3.46. The Bertz CT molecular complexity index is 1150. The first kappa shape index (κ1) is 17.9. The molecule has 144 valence electrons. The van der Waals surface area contributed by atoms with Crippen LogP contribution in [0.2, 0.25) is 0 Å². The lowest BCUT2D eigenvalue weighted by Crippen LogP contribution is -2.19. The Labute approximate surface area is 157 Å². The van der Waals surface area contributed by atoms with Crippen molar-refractivity contribution >= 4 is 22.6 Å². The van der Waals surface area contributed by atoms with E-state index in [1.54, 1.807) is 4.57 Å². The molecule has 1 aliphatic carbocycles. The number of hydrogen-bond donors (Lipinski definition) is 3. The number of benzene rings is 1. The number of pyridine rings is 2. The minimum Gasteiger partial charge on any atom is -0.494 e. The van der Waals surface area contributed by atoms with Crippen LogP contribution < -0.4 is 15.6 Å². The lowest BCUT2D eigenvalue weighted by molar-refractivity contribution is 0.0695. The number of nitrogens with zero attached hydrogens (tertiary/aromatic N) is 2. The molecule has 1 saturated carbocycles. The van der Waals surface area contributed by atoms with Crippen molar-refractivity contribution in [2.75, 3.05) is 12.6 Å². The molecule has 8 nitrogen and oxygen atoms in total. The van der Waals surface area contributed by atoms with Crippen molar-refractivity contribution in [3.05, 3.63) is 52.2 Å². The minimum atomic E-state index is -1.36. The smallest absolute Gasteiger partial charge is 0.341 e. The Balaban J connectivity index is 2.09. The molecule has 1 fully saturated rings. The van der Waals surface area contributed by atoms with E-state index in [0.29, 0.717) is 11.2 Å². The van der Waals surface area contributed by atoms with Gasteiger partial charge in [-0.25, -0.2) is 9.18 Å². The first-order chi connectivity index (χ1) is 13.5. The summed E-state index contributed by atoms with van der Waals surface area (Å²) in [5, 5.41) is 18.2. The third-order valence-electron chi connectivity index (χ3n) is 4.75. The van der Waals surface area contributed by atoms with E-state index in [1.807, 2.05) is 5.48 Å². The molecule has 28 heavy (non-hydrogen) atoms. The van der Waals surface area contributed by atoms with E-state index in [1.165, 1.54) is 31.6 Å². The van der Waals surface area contributed by atoms with E-state index in [0.717, 1.165) is 18.9 Å². The maximum absolute atomic E-state index is 15.0. The summed E-state index contributed by atoms with van der Waals surface area (Å²) in [6, 6.07) is 4.05. The van der Waals surface area contributed by atoms with Gasteiger partial charge in [-0.15, -0.1) is 0 Å². The molecule has 0 radical (unpaired) electrons. The van der Waals surface area contributed by atoms with E-state index in [-0.39, 0.29) is 28.4 Å². The van der Waals surface area contributed by atoms with Crippen LogP contribution in [0, 0.1) is 5.82 Å². The number of carboxylic acids is 1. The van der Waals surface area contributed by atoms with Crippen molar-refractivity contribution in [2.45, 2.75) is 18.9 Å². The van der Waals surface area contributed by atoms with Crippen molar-refractivity contribution in [1.29, 1.82) is 0 Å². The second-order valence-electron chi connectivity index (χ2n) is 6.52. The molecular weight excluding hydrogens is 369 g/mol. The highest BCUT2D eigenvalue weighted by Crippen LogP contribution is 2.43. The topological polar surface area (TPSA) is 114 Å². The molecule has 2 heterocycles. The summed E-state index contributed by atoms with van der Waals surface area (Å²) in [5.41, 5.74) is 1.72. The first-order valence-corrected chi connectivity index (χ1v) is 8.51. The average Bonchev–Trinajstić information content (AvgIpc) is 3.52. The van der Waals surface area contributed by atoms with Gasteiger partial charge in [-0.05, 0) is 31.0 Å². The number of carboxylic acid groups (broad SMARTS) is 1. The summed E-state index contributed by atoms with van der Waals surface area (Å²) >= 11 is 0. The Morgan fingerprint density at radius 3 is 2.68 bits per heavy atom. The molecule has 0 spiro atoms. The van der Waals surface area contributed by atoms with Gasteiger partial charge in [0.25, 0.3) is 0 Å². The van der Waals surface area contributed by atoms with Crippen molar-refractivity contribution in [2.24, 2.45) is 0 Å². The maximum atomic E-state index is 15.0. The molecule has 0 amide bonds. The highest BCUT2D eigenvalue weighted by atomic mass is 19.1. The zero-order chi connectivity index (χ0) is 20.0. The van der Waals surface area contributed by atoms with E-state index < -0.39 is 22.8 Å². The summed E-state index contributed by atoms with van der Waals surface area (Å²) in [6.45, 7) is 0. The van der Waals surface area contributed by atoms with Crippen LogP contribution in [0.5, 0.6) is 5.75 Å². The molecule has 0 unspecified atom stereocenters. The van der Waals surface area contributed by atoms with E-state index in [9.17, 15) is 14.7 Å². The van der Waals surface area contributed by atoms with Crippen LogP contribution in [0.1, 0.15) is 29.2 Å². The second-order valence-corrected chi connectivity index (χ2v) is 6.52. The summed E-state index contributed by atoms with van der Waals surface area (Å²) in [5.74, 6) is -2.02. The van der Waals surface area contributed by atoms with Gasteiger partial charge in [0.2, 0.25) is 5.43 Å². The average molecular weight is 385 g/mol. The van der Waals surface area contributed by atoms with Gasteiger partial charge in [-0.1, -0.05) is 0 Å². The number of halogens is 1. The van der Waals surface area contributed by atoms with Gasteiger partial charge in [0.15, 0.2) is 5.75 Å². The lowest BCUT2D eigenvalue weighted by atomic mass is 10.0. The number of ether oxygens (including phenoxy) is 1. The lowest BCUT2D eigenvalue weighted by Gasteiger charge is -2.18. The molecule has 0 atom stereocenters. The highest BCUT2D eigenvalue weighted by Gasteiger charge is 2.30. The summed E-state index contributed by atoms with van der Waals surface area (Å²) in [7, 11) is 1.36. The number of hydrogen-bond acceptors (Lipinski definition) is 6. The predicted octanol–water partition coefficient (Wildman–Crippen LogP) is 3.05. The quantitative estimate of drug-likeness (QED) is 0.579. The van der Waals surface area contributed by atoms with Crippen LogP contribution in [0.4, 0.5) is 10.1 Å². The molecule has 0 saturated heterocycles. The van der Waals surface area contributed by atoms with Crippen LogP contribution >= 0.6 is 0 Å². The van der Waals surface area contributed by atoms with Crippen LogP contribution in [-0.4, -0.2) is 32.9 Å². The summed E-state index contributed by atoms with van der Waals surface area (Å²) in [4.78, 5) is 28.3. The zero-order valence-electron chi connectivity index (χ0n) is 14.8. The molecule has 3 N–H and O–H groups in total. The largest absolute Gasteiger partial charge is 0.494 e. The third-order valence-corrected chi connectivity index (χ3v) is 4.75. The number of nitrogens with one attached hydrogen (secondary N) is 1. The fraction of sp³-hybridized carbons (Fsp3) is 0.211. The molecule has 9 heteroatoms. The maximum Gasteiger partial charge on any atom is 0.341 e. The SMILES string of the molecule is COc1c(-c2ccc(NO)cn2)c(F)cc2c(=O)c(C(=O)O)cn(C3CC3)c12. The molecule has 0 aliphatic heterocycles. The van der Waals surface area contributed by atoms with E-state index >= 15 is 4.39 Å². The Kier molecular flexibility index (Phi) is 4.23. The summed E-state index contributed by atoms with van der Waals surface area (Å²) < 4.78 is 22.2. The van der Waals surface area contributed by atoms with E-state index in [4.69, 9.17) is 9.94 Å². The second kappa shape index (κ2) is 6.61. The van der Waals surface area contributed by atoms with Crippen molar-refractivity contribution in [3.8, 4) is 17.0 Å². The number of fused-ring (bicyclic) bond motifs is 1. The van der Waals surface area contributed by atoms with Gasteiger partial charge in [0.1, 0.15) is 11.4 Å². The number of aromatic nitrogens is 2. The first-order valence-electron chi connectivity index (χ1n) is 8.51. The number of anilines is 1. The number of methoxy groups -OCH3 is 1. The van der Waals surface area contributed by atoms with Gasteiger partial charge in [0.05, 0.1) is 41.2 Å². The van der Waals surface area contributed by atoms with E-state index in [2.05, 4.69) is 4.98 Å². The Morgan fingerprint density at radius 1 is 1.39 bits per heavy atom. The van der Waals surface area contributed by atoms with Crippen LogP contribution in [-0.2, 0) is 0 Å². The van der Waals surface area contributed by atoms with Crippen LogP contribution in [0.15, 0.2) is 35.4 Å². The molecule has 4 rings (SSSR count). The molecule has 3 aromatic rings. The standard InChI is InChI=1S/C19H16FN3O5/c1-28-18-15(14-5-2-9(22-27)7-21-14)13(20)6-11-16(18)23(10-3-4-10)8-12(17(11)24)19(25)26/h2,5-8,10,22,27H,3-4H2,1H3,(H,25,26). The van der Waals surface area contributed by atoms with Gasteiger partial charge in [0, 0.05) is 12.2 Å². The zero-order valence-corrected chi connectivity index (χ0v) is 14.8. The fourth-order valence-corrected chi connectivity index (χ4v) is 3.29. The number of carbonyl (C=O) groups is 1. The minimum absolute atomic E-state index is 0.0161. The van der Waals surface area contributed by atoms with Crippen LogP contribution in [0.25, 0.3) is 22.2 Å². The predicted molar refractivity (Wildman–Crippen MR) is 98.6 cm³/mol. The van der Waals surface area contributed by atoms with Crippen molar-refractivity contribution < 1.29 is 24.2 Å². The van der Waals surface area contributed by atoms with Crippen molar-refractivity contribution in [3.63, 3.8) is 0 Å². The molecule has 1 aliphatic rings.